The zero-order valence-corrected chi connectivity index (χ0v) is 15.0. The van der Waals surface area contributed by atoms with E-state index in [-0.39, 0.29) is 12.0 Å². The number of aryl methyl sites for hydroxylation is 2. The van der Waals surface area contributed by atoms with Crippen LogP contribution in [0.3, 0.4) is 0 Å². The SMILES string of the molecule is Cc1nn(C)c(C)c1CC(=O)N1CCO[C@@H](c2ccc(Cl)cc2)C1. The van der Waals surface area contributed by atoms with Crippen molar-refractivity contribution in [1.82, 2.24) is 14.7 Å². The molecular formula is C18H22ClN3O2. The summed E-state index contributed by atoms with van der Waals surface area (Å²) in [6.07, 6.45) is 0.287. The summed E-state index contributed by atoms with van der Waals surface area (Å²) in [6.45, 7) is 5.69. The molecule has 5 nitrogen and oxygen atoms in total. The number of morpholine rings is 1. The van der Waals surface area contributed by atoms with Gasteiger partial charge in [0, 0.05) is 29.9 Å². The number of benzene rings is 1. The van der Waals surface area contributed by atoms with Crippen LogP contribution in [0, 0.1) is 13.8 Å². The van der Waals surface area contributed by atoms with Gasteiger partial charge in [-0.3, -0.25) is 9.48 Å². The molecule has 1 aliphatic rings. The maximum absolute atomic E-state index is 12.7. The predicted molar refractivity (Wildman–Crippen MR) is 93.1 cm³/mol. The number of hydrogen-bond acceptors (Lipinski definition) is 3. The maximum atomic E-state index is 12.7. The highest BCUT2D eigenvalue weighted by molar-refractivity contribution is 6.30. The van der Waals surface area contributed by atoms with Crippen LogP contribution in [-0.4, -0.2) is 40.3 Å². The molecule has 0 bridgehead atoms. The lowest BCUT2D eigenvalue weighted by atomic mass is 10.1. The summed E-state index contributed by atoms with van der Waals surface area (Å²) < 4.78 is 7.66. The minimum atomic E-state index is -0.101. The average Bonchev–Trinajstić information content (AvgIpc) is 2.82. The highest BCUT2D eigenvalue weighted by Crippen LogP contribution is 2.24. The molecule has 1 saturated heterocycles. The van der Waals surface area contributed by atoms with Crippen LogP contribution in [-0.2, 0) is 23.0 Å². The number of carbonyl (C=O) groups excluding carboxylic acids is 1. The minimum absolute atomic E-state index is 0.101. The molecule has 0 unspecified atom stereocenters. The van der Waals surface area contributed by atoms with Gasteiger partial charge in [-0.15, -0.1) is 0 Å². The summed E-state index contributed by atoms with van der Waals surface area (Å²) in [5.74, 6) is 0.122. The predicted octanol–water partition coefficient (Wildman–Crippen LogP) is 2.83. The van der Waals surface area contributed by atoms with E-state index in [0.717, 1.165) is 22.5 Å². The average molecular weight is 348 g/mol. The van der Waals surface area contributed by atoms with Crippen molar-refractivity contribution in [2.24, 2.45) is 7.05 Å². The first-order valence-corrected chi connectivity index (χ1v) is 8.47. The lowest BCUT2D eigenvalue weighted by Gasteiger charge is -2.33. The number of amides is 1. The molecule has 2 aromatic rings. The highest BCUT2D eigenvalue weighted by atomic mass is 35.5. The molecule has 1 aromatic carbocycles. The van der Waals surface area contributed by atoms with E-state index in [1.54, 1.807) is 0 Å². The first-order valence-electron chi connectivity index (χ1n) is 8.09. The Morgan fingerprint density at radius 2 is 2.04 bits per heavy atom. The summed E-state index contributed by atoms with van der Waals surface area (Å²) >= 11 is 5.94. The lowest BCUT2D eigenvalue weighted by molar-refractivity contribution is -0.138. The van der Waals surface area contributed by atoms with Gasteiger partial charge in [-0.05, 0) is 31.5 Å². The van der Waals surface area contributed by atoms with Gasteiger partial charge in [0.15, 0.2) is 0 Å². The number of ether oxygens (including phenoxy) is 1. The summed E-state index contributed by atoms with van der Waals surface area (Å²) in [4.78, 5) is 14.6. The van der Waals surface area contributed by atoms with Crippen molar-refractivity contribution in [2.45, 2.75) is 26.4 Å². The fraction of sp³-hybridized carbons (Fsp3) is 0.444. The number of halogens is 1. The molecule has 1 aromatic heterocycles. The Morgan fingerprint density at radius 3 is 2.67 bits per heavy atom. The van der Waals surface area contributed by atoms with E-state index < -0.39 is 0 Å². The molecule has 0 saturated carbocycles. The van der Waals surface area contributed by atoms with Crippen LogP contribution >= 0.6 is 11.6 Å². The molecule has 1 aliphatic heterocycles. The summed E-state index contributed by atoms with van der Waals surface area (Å²) in [5.41, 5.74) is 4.04. The number of carbonyl (C=O) groups is 1. The van der Waals surface area contributed by atoms with E-state index >= 15 is 0 Å². The molecule has 0 N–H and O–H groups in total. The maximum Gasteiger partial charge on any atom is 0.227 e. The van der Waals surface area contributed by atoms with Crippen LogP contribution in [0.4, 0.5) is 0 Å². The molecule has 0 spiro atoms. The number of hydrogen-bond donors (Lipinski definition) is 0. The first kappa shape index (κ1) is 17.0. The van der Waals surface area contributed by atoms with Gasteiger partial charge in [-0.25, -0.2) is 0 Å². The van der Waals surface area contributed by atoms with Crippen molar-refractivity contribution in [3.63, 3.8) is 0 Å². The molecule has 0 aliphatic carbocycles. The summed E-state index contributed by atoms with van der Waals surface area (Å²) in [7, 11) is 1.90. The molecule has 6 heteroatoms. The molecule has 3 rings (SSSR count). The number of nitrogens with zero attached hydrogens (tertiary/aromatic N) is 3. The van der Waals surface area contributed by atoms with Gasteiger partial charge in [-0.2, -0.15) is 5.10 Å². The van der Waals surface area contributed by atoms with E-state index in [1.165, 1.54) is 0 Å². The molecule has 1 atom stereocenters. The van der Waals surface area contributed by atoms with Crippen LogP contribution in [0.5, 0.6) is 0 Å². The number of aromatic nitrogens is 2. The Bertz CT molecular complexity index is 739. The normalized spacial score (nSPS) is 18.0. The van der Waals surface area contributed by atoms with Crippen molar-refractivity contribution < 1.29 is 9.53 Å². The second kappa shape index (κ2) is 6.95. The van der Waals surface area contributed by atoms with Crippen LogP contribution in [0.25, 0.3) is 0 Å². The Kier molecular flexibility index (Phi) is 4.92. The number of rotatable bonds is 3. The quantitative estimate of drug-likeness (QED) is 0.857. The second-order valence-corrected chi connectivity index (χ2v) is 6.64. The monoisotopic (exact) mass is 347 g/mol. The van der Waals surface area contributed by atoms with Gasteiger partial charge >= 0.3 is 0 Å². The highest BCUT2D eigenvalue weighted by Gasteiger charge is 2.26. The van der Waals surface area contributed by atoms with E-state index in [0.29, 0.717) is 31.1 Å². The van der Waals surface area contributed by atoms with Gasteiger partial charge < -0.3 is 9.64 Å². The molecule has 1 amide bonds. The van der Waals surface area contributed by atoms with Gasteiger partial charge in [-0.1, -0.05) is 23.7 Å². The van der Waals surface area contributed by atoms with Crippen molar-refractivity contribution in [3.05, 3.63) is 51.8 Å². The third kappa shape index (κ3) is 3.47. The Labute approximate surface area is 147 Å². The van der Waals surface area contributed by atoms with E-state index in [9.17, 15) is 4.79 Å². The zero-order valence-electron chi connectivity index (χ0n) is 14.3. The molecule has 128 valence electrons. The second-order valence-electron chi connectivity index (χ2n) is 6.20. The standard InChI is InChI=1S/C18H22ClN3O2/c1-12-16(13(2)21(3)20-12)10-18(23)22-8-9-24-17(11-22)14-4-6-15(19)7-5-14/h4-7,17H,8-11H2,1-3H3/t17-/m1/s1. The van der Waals surface area contributed by atoms with Crippen molar-refractivity contribution in [3.8, 4) is 0 Å². The lowest BCUT2D eigenvalue weighted by Crippen LogP contribution is -2.43. The molecular weight excluding hydrogens is 326 g/mol. The smallest absolute Gasteiger partial charge is 0.227 e. The van der Waals surface area contributed by atoms with Crippen LogP contribution in [0.1, 0.15) is 28.6 Å². The fourth-order valence-electron chi connectivity index (χ4n) is 3.09. The zero-order chi connectivity index (χ0) is 17.3. The van der Waals surface area contributed by atoms with Crippen molar-refractivity contribution >= 4 is 17.5 Å². The van der Waals surface area contributed by atoms with Crippen LogP contribution < -0.4 is 0 Å². The summed E-state index contributed by atoms with van der Waals surface area (Å²) in [5, 5.41) is 5.09. The topological polar surface area (TPSA) is 47.4 Å². The van der Waals surface area contributed by atoms with E-state index in [4.69, 9.17) is 16.3 Å². The molecule has 0 radical (unpaired) electrons. The Morgan fingerprint density at radius 1 is 1.33 bits per heavy atom. The Balaban J connectivity index is 1.70. The molecule has 2 heterocycles. The molecule has 24 heavy (non-hydrogen) atoms. The molecule has 1 fully saturated rings. The van der Waals surface area contributed by atoms with Gasteiger partial charge in [0.2, 0.25) is 5.91 Å². The third-order valence-electron chi connectivity index (χ3n) is 4.65. The largest absolute Gasteiger partial charge is 0.370 e. The van der Waals surface area contributed by atoms with Gasteiger partial charge in [0.05, 0.1) is 25.3 Å². The van der Waals surface area contributed by atoms with Crippen molar-refractivity contribution in [2.75, 3.05) is 19.7 Å². The summed E-state index contributed by atoms with van der Waals surface area (Å²) in [6, 6.07) is 7.61. The third-order valence-corrected chi connectivity index (χ3v) is 4.90. The van der Waals surface area contributed by atoms with E-state index in [1.807, 2.05) is 54.7 Å². The minimum Gasteiger partial charge on any atom is -0.370 e. The van der Waals surface area contributed by atoms with Crippen LogP contribution in [0.15, 0.2) is 24.3 Å². The van der Waals surface area contributed by atoms with Crippen molar-refractivity contribution in [1.29, 1.82) is 0 Å². The fourth-order valence-corrected chi connectivity index (χ4v) is 3.22. The van der Waals surface area contributed by atoms with Gasteiger partial charge in [0.1, 0.15) is 6.10 Å². The van der Waals surface area contributed by atoms with Gasteiger partial charge in [0.25, 0.3) is 0 Å². The first-order chi connectivity index (χ1) is 11.5. The van der Waals surface area contributed by atoms with Crippen LogP contribution in [0.2, 0.25) is 5.02 Å². The van der Waals surface area contributed by atoms with E-state index in [2.05, 4.69) is 5.10 Å². The Hall–Kier alpha value is -1.85.